The van der Waals surface area contributed by atoms with Crippen molar-refractivity contribution in [2.45, 2.75) is 89.6 Å². The average molecular weight is 451 g/mol. The van der Waals surface area contributed by atoms with Gasteiger partial charge >= 0.3 is 5.97 Å². The van der Waals surface area contributed by atoms with Crippen LogP contribution < -0.4 is 4.74 Å². The van der Waals surface area contributed by atoms with E-state index in [1.807, 2.05) is 12.1 Å². The molecule has 1 saturated heterocycles. The summed E-state index contributed by atoms with van der Waals surface area (Å²) < 4.78 is 28.2. The van der Waals surface area contributed by atoms with Gasteiger partial charge in [0.05, 0.1) is 44.1 Å². The second-order valence-corrected chi connectivity index (χ2v) is 9.38. The largest absolute Gasteiger partial charge is 0.494 e. The molecule has 0 bridgehead atoms. The lowest BCUT2D eigenvalue weighted by atomic mass is 9.92. The van der Waals surface area contributed by atoms with Crippen molar-refractivity contribution in [2.75, 3.05) is 27.9 Å². The van der Waals surface area contributed by atoms with Gasteiger partial charge in [-0.3, -0.25) is 4.79 Å². The summed E-state index contributed by atoms with van der Waals surface area (Å²) in [7, 11) is 4.90. The van der Waals surface area contributed by atoms with Crippen LogP contribution in [0.4, 0.5) is 0 Å². The molecule has 6 heteroatoms. The van der Waals surface area contributed by atoms with Crippen molar-refractivity contribution in [3.8, 4) is 5.75 Å². The number of methoxy groups -OCH3 is 3. The molecular formula is C26H42O6. The molecule has 0 amide bonds. The molecule has 1 aromatic rings. The van der Waals surface area contributed by atoms with E-state index in [1.165, 1.54) is 7.11 Å². The summed E-state index contributed by atoms with van der Waals surface area (Å²) in [6, 6.07) is 8.14. The fraction of sp³-hybridized carbons (Fsp3) is 0.731. The number of carbonyl (C=O) groups is 1. The summed E-state index contributed by atoms with van der Waals surface area (Å²) in [5.41, 5.74) is 0.817. The van der Waals surface area contributed by atoms with Crippen molar-refractivity contribution in [3.05, 3.63) is 29.8 Å². The molecule has 0 aliphatic carbocycles. The monoisotopic (exact) mass is 450 g/mol. The first-order valence-electron chi connectivity index (χ1n) is 11.8. The molecule has 0 unspecified atom stereocenters. The van der Waals surface area contributed by atoms with Crippen LogP contribution in [-0.4, -0.2) is 51.7 Å². The molecule has 32 heavy (non-hydrogen) atoms. The third kappa shape index (κ3) is 8.38. The predicted octanol–water partition coefficient (Wildman–Crippen LogP) is 5.49. The Kier molecular flexibility index (Phi) is 11.0. The minimum absolute atomic E-state index is 0.00371. The summed E-state index contributed by atoms with van der Waals surface area (Å²) in [6.07, 6.45) is 6.19. The second-order valence-electron chi connectivity index (χ2n) is 9.38. The Morgan fingerprint density at radius 1 is 1.16 bits per heavy atom. The molecule has 4 atom stereocenters. The number of esters is 1. The van der Waals surface area contributed by atoms with Crippen LogP contribution in [0.15, 0.2) is 24.3 Å². The van der Waals surface area contributed by atoms with Gasteiger partial charge in [-0.25, -0.2) is 0 Å². The summed E-state index contributed by atoms with van der Waals surface area (Å²) in [4.78, 5) is 11.6. The van der Waals surface area contributed by atoms with E-state index in [-0.39, 0.29) is 29.9 Å². The topological polar surface area (TPSA) is 63.2 Å². The highest BCUT2D eigenvalue weighted by Crippen LogP contribution is 2.34. The SMILES string of the molecule is COC(=O)C[C@H]1CCC[C@@H](c2cccc(OCC[C@@H](C)CC[C@@H](OC)C(C)(C)OC)c2)O1. The van der Waals surface area contributed by atoms with E-state index in [9.17, 15) is 4.79 Å². The van der Waals surface area contributed by atoms with Gasteiger partial charge in [-0.05, 0) is 76.0 Å². The maximum absolute atomic E-state index is 11.6. The standard InChI is InChI=1S/C26H42O6/c1-19(13-14-24(28-4)26(2,3)30-6)15-16-31-21-10-7-9-20(17-21)23-12-8-11-22(32-23)18-25(27)29-5/h7,9-10,17,19,22-24H,8,11-16,18H2,1-6H3/t19-,22+,23-,24+/m0/s1. The van der Waals surface area contributed by atoms with Crippen LogP contribution in [0, 0.1) is 5.92 Å². The van der Waals surface area contributed by atoms with E-state index < -0.39 is 0 Å². The van der Waals surface area contributed by atoms with Crippen molar-refractivity contribution < 1.29 is 28.5 Å². The molecule has 1 aliphatic rings. The van der Waals surface area contributed by atoms with Crippen LogP contribution in [-0.2, 0) is 23.7 Å². The summed E-state index contributed by atoms with van der Waals surface area (Å²) >= 11 is 0. The quantitative estimate of drug-likeness (QED) is 0.371. The number of benzene rings is 1. The first-order chi connectivity index (χ1) is 15.3. The summed E-state index contributed by atoms with van der Waals surface area (Å²) in [5, 5.41) is 0. The van der Waals surface area contributed by atoms with Gasteiger partial charge in [-0.2, -0.15) is 0 Å². The molecule has 0 radical (unpaired) electrons. The Bertz CT molecular complexity index is 689. The Morgan fingerprint density at radius 2 is 1.94 bits per heavy atom. The zero-order valence-corrected chi connectivity index (χ0v) is 20.7. The van der Waals surface area contributed by atoms with Crippen LogP contribution in [0.1, 0.15) is 77.4 Å². The lowest BCUT2D eigenvalue weighted by Crippen LogP contribution is -2.39. The van der Waals surface area contributed by atoms with Gasteiger partial charge in [0.15, 0.2) is 0 Å². The molecule has 0 saturated carbocycles. The van der Waals surface area contributed by atoms with Crippen molar-refractivity contribution in [1.82, 2.24) is 0 Å². The molecule has 1 fully saturated rings. The summed E-state index contributed by atoms with van der Waals surface area (Å²) in [6.45, 7) is 7.06. The van der Waals surface area contributed by atoms with E-state index in [0.29, 0.717) is 18.9 Å². The van der Waals surface area contributed by atoms with Gasteiger partial charge in [0.25, 0.3) is 0 Å². The maximum atomic E-state index is 11.6. The van der Waals surface area contributed by atoms with Crippen LogP contribution >= 0.6 is 0 Å². The lowest BCUT2D eigenvalue weighted by molar-refractivity contribution is -0.147. The van der Waals surface area contributed by atoms with Gasteiger partial charge in [0.1, 0.15) is 5.75 Å². The average Bonchev–Trinajstić information content (AvgIpc) is 2.79. The Hall–Kier alpha value is -1.63. The predicted molar refractivity (Wildman–Crippen MR) is 125 cm³/mol. The van der Waals surface area contributed by atoms with Gasteiger partial charge in [0.2, 0.25) is 0 Å². The lowest BCUT2D eigenvalue weighted by Gasteiger charge is -2.32. The zero-order chi connectivity index (χ0) is 23.6. The molecule has 1 aliphatic heterocycles. The van der Waals surface area contributed by atoms with Crippen LogP contribution in [0.5, 0.6) is 5.75 Å². The highest BCUT2D eigenvalue weighted by atomic mass is 16.5. The minimum Gasteiger partial charge on any atom is -0.494 e. The van der Waals surface area contributed by atoms with Gasteiger partial charge in [-0.15, -0.1) is 0 Å². The van der Waals surface area contributed by atoms with E-state index in [0.717, 1.165) is 49.8 Å². The Morgan fingerprint density at radius 3 is 2.62 bits per heavy atom. The van der Waals surface area contributed by atoms with E-state index >= 15 is 0 Å². The number of hydrogen-bond acceptors (Lipinski definition) is 6. The molecule has 1 heterocycles. The highest BCUT2D eigenvalue weighted by molar-refractivity contribution is 5.69. The van der Waals surface area contributed by atoms with Crippen LogP contribution in [0.2, 0.25) is 0 Å². The smallest absolute Gasteiger partial charge is 0.308 e. The third-order valence-corrected chi connectivity index (χ3v) is 6.59. The van der Waals surface area contributed by atoms with E-state index in [4.69, 9.17) is 23.7 Å². The van der Waals surface area contributed by atoms with Crippen molar-refractivity contribution in [3.63, 3.8) is 0 Å². The van der Waals surface area contributed by atoms with Crippen molar-refractivity contribution in [1.29, 1.82) is 0 Å². The summed E-state index contributed by atoms with van der Waals surface area (Å²) in [5.74, 6) is 1.18. The van der Waals surface area contributed by atoms with Crippen molar-refractivity contribution in [2.24, 2.45) is 5.92 Å². The molecule has 0 spiro atoms. The van der Waals surface area contributed by atoms with E-state index in [2.05, 4.69) is 32.9 Å². The van der Waals surface area contributed by atoms with Crippen molar-refractivity contribution >= 4 is 5.97 Å². The molecule has 1 aromatic carbocycles. The van der Waals surface area contributed by atoms with Gasteiger partial charge in [0, 0.05) is 14.2 Å². The second kappa shape index (κ2) is 13.2. The molecule has 0 N–H and O–H groups in total. The first kappa shape index (κ1) is 26.6. The number of carbonyl (C=O) groups excluding carboxylic acids is 1. The molecule has 182 valence electrons. The number of rotatable bonds is 13. The highest BCUT2D eigenvalue weighted by Gasteiger charge is 2.29. The van der Waals surface area contributed by atoms with E-state index in [1.54, 1.807) is 14.2 Å². The maximum Gasteiger partial charge on any atom is 0.308 e. The minimum atomic E-state index is -0.289. The molecule has 0 aromatic heterocycles. The molecule has 2 rings (SSSR count). The fourth-order valence-corrected chi connectivity index (χ4v) is 4.21. The van der Waals surface area contributed by atoms with Gasteiger partial charge < -0.3 is 23.7 Å². The molecular weight excluding hydrogens is 408 g/mol. The normalized spacial score (nSPS) is 21.1. The van der Waals surface area contributed by atoms with Crippen LogP contribution in [0.25, 0.3) is 0 Å². The third-order valence-electron chi connectivity index (χ3n) is 6.59. The zero-order valence-electron chi connectivity index (χ0n) is 20.7. The fourth-order valence-electron chi connectivity index (χ4n) is 4.21. The Balaban J connectivity index is 1.80. The number of hydrogen-bond donors (Lipinski definition) is 0. The molecule has 6 nitrogen and oxygen atoms in total. The first-order valence-corrected chi connectivity index (χ1v) is 11.8. The Labute approximate surface area is 193 Å². The number of ether oxygens (including phenoxy) is 5. The van der Waals surface area contributed by atoms with Gasteiger partial charge in [-0.1, -0.05) is 19.1 Å². The van der Waals surface area contributed by atoms with Crippen LogP contribution in [0.3, 0.4) is 0 Å².